The van der Waals surface area contributed by atoms with Gasteiger partial charge in [0.1, 0.15) is 12.3 Å². The minimum Gasteiger partial charge on any atom is -0.301 e. The maximum atomic E-state index is 9.82. The fourth-order valence-corrected chi connectivity index (χ4v) is 0.389. The standard InChI is InChI=1S/C5H5NO/c1-4-2-6-5(4)3-7/h2-3,5H,1H2. The molecule has 2 nitrogen and oxygen atoms in total. The third kappa shape index (κ3) is 0.474. The Hall–Kier alpha value is -0.920. The van der Waals surface area contributed by atoms with Crippen molar-refractivity contribution in [2.45, 2.75) is 6.04 Å². The number of carbonyl (C=O) groups is 1. The van der Waals surface area contributed by atoms with Crippen LogP contribution in [0.3, 0.4) is 0 Å². The van der Waals surface area contributed by atoms with E-state index in [-0.39, 0.29) is 6.04 Å². The quantitative estimate of drug-likeness (QED) is 0.427. The molecule has 0 fully saturated rings. The van der Waals surface area contributed by atoms with E-state index < -0.39 is 0 Å². The van der Waals surface area contributed by atoms with E-state index in [1.807, 2.05) is 0 Å². The molecular formula is C5H5NO. The highest BCUT2D eigenvalue weighted by molar-refractivity contribution is 5.94. The summed E-state index contributed by atoms with van der Waals surface area (Å²) in [6.07, 6.45) is 2.38. The van der Waals surface area contributed by atoms with Gasteiger partial charge in [0, 0.05) is 6.21 Å². The van der Waals surface area contributed by atoms with E-state index in [9.17, 15) is 4.79 Å². The highest BCUT2D eigenvalue weighted by Crippen LogP contribution is 2.07. The van der Waals surface area contributed by atoms with Gasteiger partial charge < -0.3 is 4.79 Å². The van der Waals surface area contributed by atoms with Crippen molar-refractivity contribution >= 4 is 12.5 Å². The van der Waals surface area contributed by atoms with Crippen LogP contribution in [0.1, 0.15) is 0 Å². The van der Waals surface area contributed by atoms with Gasteiger partial charge in [-0.15, -0.1) is 0 Å². The Kier molecular flexibility index (Phi) is 0.785. The number of rotatable bonds is 1. The summed E-state index contributed by atoms with van der Waals surface area (Å²) in [6, 6.07) is -0.222. The van der Waals surface area contributed by atoms with Gasteiger partial charge in [-0.05, 0) is 5.57 Å². The minimum atomic E-state index is -0.222. The second-order valence-electron chi connectivity index (χ2n) is 1.43. The Bertz CT molecular complexity index is 137. The summed E-state index contributed by atoms with van der Waals surface area (Å²) in [5.41, 5.74) is 0.815. The summed E-state index contributed by atoms with van der Waals surface area (Å²) in [5.74, 6) is 0. The van der Waals surface area contributed by atoms with Crippen molar-refractivity contribution in [1.29, 1.82) is 0 Å². The van der Waals surface area contributed by atoms with E-state index in [4.69, 9.17) is 0 Å². The molecule has 7 heavy (non-hydrogen) atoms. The van der Waals surface area contributed by atoms with Gasteiger partial charge in [0.05, 0.1) is 0 Å². The molecule has 0 N–H and O–H groups in total. The van der Waals surface area contributed by atoms with Gasteiger partial charge in [-0.1, -0.05) is 6.58 Å². The van der Waals surface area contributed by atoms with E-state index >= 15 is 0 Å². The molecule has 1 unspecified atom stereocenters. The molecule has 0 aromatic carbocycles. The van der Waals surface area contributed by atoms with Crippen LogP contribution in [0.25, 0.3) is 0 Å². The molecule has 0 amide bonds. The Morgan fingerprint density at radius 2 is 2.71 bits per heavy atom. The second-order valence-corrected chi connectivity index (χ2v) is 1.43. The molecule has 2 heteroatoms. The smallest absolute Gasteiger partial charge is 0.149 e. The van der Waals surface area contributed by atoms with Crippen LogP contribution in [0.2, 0.25) is 0 Å². The molecule has 0 saturated heterocycles. The van der Waals surface area contributed by atoms with Gasteiger partial charge in [0.25, 0.3) is 0 Å². The van der Waals surface area contributed by atoms with Crippen molar-refractivity contribution in [1.82, 2.24) is 0 Å². The van der Waals surface area contributed by atoms with Gasteiger partial charge in [0.15, 0.2) is 0 Å². The first-order valence-corrected chi connectivity index (χ1v) is 2.02. The van der Waals surface area contributed by atoms with E-state index in [2.05, 4.69) is 11.6 Å². The molecule has 1 aliphatic heterocycles. The third-order valence-corrected chi connectivity index (χ3v) is 0.910. The lowest BCUT2D eigenvalue weighted by atomic mass is 10.1. The van der Waals surface area contributed by atoms with E-state index in [0.29, 0.717) is 0 Å². The van der Waals surface area contributed by atoms with Crippen LogP contribution in [-0.4, -0.2) is 18.5 Å². The van der Waals surface area contributed by atoms with Crippen molar-refractivity contribution in [3.05, 3.63) is 12.2 Å². The highest BCUT2D eigenvalue weighted by atomic mass is 16.1. The lowest BCUT2D eigenvalue weighted by molar-refractivity contribution is -0.108. The number of hydrogen-bond acceptors (Lipinski definition) is 2. The first-order chi connectivity index (χ1) is 3.34. The number of aldehydes is 1. The fourth-order valence-electron chi connectivity index (χ4n) is 0.389. The maximum Gasteiger partial charge on any atom is 0.149 e. The van der Waals surface area contributed by atoms with Crippen LogP contribution in [-0.2, 0) is 4.79 Å². The normalized spacial score (nSPS) is 26.9. The molecular weight excluding hydrogens is 90.1 g/mol. The number of nitrogens with zero attached hydrogens (tertiary/aromatic N) is 1. The molecule has 36 valence electrons. The molecule has 0 bridgehead atoms. The lowest BCUT2D eigenvalue weighted by Gasteiger charge is -2.11. The van der Waals surface area contributed by atoms with E-state index in [1.165, 1.54) is 0 Å². The van der Waals surface area contributed by atoms with Crippen LogP contribution in [0.15, 0.2) is 17.1 Å². The van der Waals surface area contributed by atoms with Crippen molar-refractivity contribution in [3.63, 3.8) is 0 Å². The third-order valence-electron chi connectivity index (χ3n) is 0.910. The molecule has 1 rings (SSSR count). The Morgan fingerprint density at radius 1 is 2.00 bits per heavy atom. The molecule has 1 atom stereocenters. The zero-order valence-corrected chi connectivity index (χ0v) is 3.79. The Balaban J connectivity index is 2.65. The van der Waals surface area contributed by atoms with E-state index in [0.717, 1.165) is 11.9 Å². The van der Waals surface area contributed by atoms with Crippen LogP contribution in [0, 0.1) is 0 Å². The average Bonchev–Trinajstić information content (AvgIpc) is 1.65. The highest BCUT2D eigenvalue weighted by Gasteiger charge is 2.13. The van der Waals surface area contributed by atoms with Crippen molar-refractivity contribution in [2.75, 3.05) is 0 Å². The summed E-state index contributed by atoms with van der Waals surface area (Å²) in [7, 11) is 0. The van der Waals surface area contributed by atoms with E-state index in [1.54, 1.807) is 6.21 Å². The van der Waals surface area contributed by atoms with Crippen LogP contribution < -0.4 is 0 Å². The van der Waals surface area contributed by atoms with Crippen molar-refractivity contribution in [3.8, 4) is 0 Å². The summed E-state index contributed by atoms with van der Waals surface area (Å²) in [6.45, 7) is 3.53. The minimum absolute atomic E-state index is 0.222. The molecule has 0 spiro atoms. The second kappa shape index (κ2) is 1.30. The van der Waals surface area contributed by atoms with Gasteiger partial charge in [-0.25, -0.2) is 0 Å². The largest absolute Gasteiger partial charge is 0.301 e. The first-order valence-electron chi connectivity index (χ1n) is 2.02. The Morgan fingerprint density at radius 3 is 2.71 bits per heavy atom. The first kappa shape index (κ1) is 4.24. The summed E-state index contributed by atoms with van der Waals surface area (Å²) < 4.78 is 0. The zero-order chi connectivity index (χ0) is 5.28. The van der Waals surface area contributed by atoms with Crippen LogP contribution >= 0.6 is 0 Å². The summed E-state index contributed by atoms with van der Waals surface area (Å²) in [5, 5.41) is 0. The van der Waals surface area contributed by atoms with Crippen LogP contribution in [0.5, 0.6) is 0 Å². The molecule has 0 aliphatic carbocycles. The van der Waals surface area contributed by atoms with Gasteiger partial charge in [-0.3, -0.25) is 4.99 Å². The van der Waals surface area contributed by atoms with Gasteiger partial charge in [0.2, 0.25) is 0 Å². The summed E-state index contributed by atoms with van der Waals surface area (Å²) >= 11 is 0. The average molecular weight is 95.1 g/mol. The molecule has 1 aliphatic rings. The fraction of sp³-hybridized carbons (Fsp3) is 0.200. The monoisotopic (exact) mass is 95.0 g/mol. The topological polar surface area (TPSA) is 29.4 Å². The molecule has 1 heterocycles. The predicted octanol–water partition coefficient (Wildman–Crippen LogP) is 0.194. The molecule has 0 radical (unpaired) electrons. The van der Waals surface area contributed by atoms with Gasteiger partial charge in [-0.2, -0.15) is 0 Å². The van der Waals surface area contributed by atoms with Gasteiger partial charge >= 0.3 is 0 Å². The molecule has 0 aromatic rings. The maximum absolute atomic E-state index is 9.82. The van der Waals surface area contributed by atoms with Crippen LogP contribution in [0.4, 0.5) is 0 Å². The number of hydrogen-bond donors (Lipinski definition) is 0. The molecule has 0 saturated carbocycles. The molecule has 0 aromatic heterocycles. The summed E-state index contributed by atoms with van der Waals surface area (Å²) in [4.78, 5) is 13.5. The predicted molar refractivity (Wildman–Crippen MR) is 27.5 cm³/mol. The number of carbonyl (C=O) groups excluding carboxylic acids is 1. The van der Waals surface area contributed by atoms with Crippen molar-refractivity contribution in [2.24, 2.45) is 4.99 Å². The zero-order valence-electron chi connectivity index (χ0n) is 3.79. The number of aliphatic imine (C=N–C) groups is 1. The lowest BCUT2D eigenvalue weighted by Crippen LogP contribution is -2.18. The van der Waals surface area contributed by atoms with Crippen molar-refractivity contribution < 1.29 is 4.79 Å². The SMILES string of the molecule is C=C1C=NC1C=O. The Labute approximate surface area is 41.6 Å².